The van der Waals surface area contributed by atoms with Gasteiger partial charge in [0, 0.05) is 31.2 Å². The predicted octanol–water partition coefficient (Wildman–Crippen LogP) is 3.29. The van der Waals surface area contributed by atoms with Crippen molar-refractivity contribution < 1.29 is 0 Å². The van der Waals surface area contributed by atoms with Crippen LogP contribution < -0.4 is 4.90 Å². The molecule has 19 heavy (non-hydrogen) atoms. The van der Waals surface area contributed by atoms with Crippen LogP contribution in [0.3, 0.4) is 0 Å². The maximum atomic E-state index is 4.37. The Morgan fingerprint density at radius 1 is 1.16 bits per heavy atom. The molecule has 0 atom stereocenters. The van der Waals surface area contributed by atoms with Crippen LogP contribution in [0.25, 0.3) is 0 Å². The average molecular weight is 255 g/mol. The molecule has 3 nitrogen and oxygen atoms in total. The molecule has 0 unspecified atom stereocenters. The van der Waals surface area contributed by atoms with E-state index in [0.29, 0.717) is 6.04 Å². The third kappa shape index (κ3) is 2.50. The topological polar surface area (TPSA) is 21.1 Å². The normalized spacial score (nSPS) is 16.8. The van der Waals surface area contributed by atoms with Crippen molar-refractivity contribution in [2.24, 2.45) is 0 Å². The number of piperidine rings is 1. The first-order valence-corrected chi connectivity index (χ1v) is 7.20. The van der Waals surface area contributed by atoms with E-state index in [1.165, 1.54) is 24.1 Å². The molecule has 0 N–H and O–H groups in total. The van der Waals surface area contributed by atoms with Crippen LogP contribution in [-0.2, 0) is 6.42 Å². The van der Waals surface area contributed by atoms with Gasteiger partial charge in [0.1, 0.15) is 0 Å². The zero-order chi connectivity index (χ0) is 13.1. The Morgan fingerprint density at radius 3 is 2.63 bits per heavy atom. The molecule has 3 heteroatoms. The summed E-state index contributed by atoms with van der Waals surface area (Å²) in [6, 6.07) is 11.4. The summed E-state index contributed by atoms with van der Waals surface area (Å²) in [7, 11) is 0. The zero-order valence-electron chi connectivity index (χ0n) is 11.5. The van der Waals surface area contributed by atoms with E-state index >= 15 is 0 Å². The van der Waals surface area contributed by atoms with E-state index < -0.39 is 0 Å². The second kappa shape index (κ2) is 5.47. The number of para-hydroxylation sites is 1. The number of hydrogen-bond donors (Lipinski definition) is 0. The Morgan fingerprint density at radius 2 is 1.95 bits per heavy atom. The second-order valence-corrected chi connectivity index (χ2v) is 5.19. The van der Waals surface area contributed by atoms with E-state index in [2.05, 4.69) is 52.1 Å². The van der Waals surface area contributed by atoms with Gasteiger partial charge in [0.25, 0.3) is 0 Å². The van der Waals surface area contributed by atoms with Gasteiger partial charge in [0.05, 0.1) is 6.04 Å². The fourth-order valence-electron chi connectivity index (χ4n) is 2.99. The van der Waals surface area contributed by atoms with Crippen molar-refractivity contribution in [1.82, 2.24) is 9.78 Å². The van der Waals surface area contributed by atoms with E-state index in [0.717, 1.165) is 19.5 Å². The summed E-state index contributed by atoms with van der Waals surface area (Å²) >= 11 is 0. The largest absolute Gasteiger partial charge is 0.371 e. The number of nitrogens with zero attached hydrogens (tertiary/aromatic N) is 3. The van der Waals surface area contributed by atoms with Gasteiger partial charge in [-0.05, 0) is 37.0 Å². The molecule has 1 saturated heterocycles. The van der Waals surface area contributed by atoms with Crippen LogP contribution in [0.1, 0.15) is 31.4 Å². The molecular weight excluding hydrogens is 234 g/mol. The van der Waals surface area contributed by atoms with Crippen LogP contribution in [0.15, 0.2) is 42.7 Å². The summed E-state index contributed by atoms with van der Waals surface area (Å²) in [6.07, 6.45) is 7.42. The Bertz CT molecular complexity index is 511. The summed E-state index contributed by atoms with van der Waals surface area (Å²) in [5.74, 6) is 0. The van der Waals surface area contributed by atoms with E-state index in [1.807, 2.05) is 12.3 Å². The highest BCUT2D eigenvalue weighted by Crippen LogP contribution is 2.28. The van der Waals surface area contributed by atoms with Crippen LogP contribution in [0.2, 0.25) is 0 Å². The Kier molecular flexibility index (Phi) is 3.53. The van der Waals surface area contributed by atoms with Gasteiger partial charge in [-0.1, -0.05) is 25.1 Å². The highest BCUT2D eigenvalue weighted by molar-refractivity contribution is 5.53. The van der Waals surface area contributed by atoms with Crippen molar-refractivity contribution >= 4 is 5.69 Å². The molecule has 1 fully saturated rings. The lowest BCUT2D eigenvalue weighted by molar-refractivity contribution is 0.366. The molecule has 0 aliphatic carbocycles. The molecule has 0 amide bonds. The fourth-order valence-corrected chi connectivity index (χ4v) is 2.99. The van der Waals surface area contributed by atoms with E-state index in [4.69, 9.17) is 0 Å². The molecule has 1 aromatic heterocycles. The number of rotatable bonds is 3. The van der Waals surface area contributed by atoms with Gasteiger partial charge in [0.15, 0.2) is 0 Å². The summed E-state index contributed by atoms with van der Waals surface area (Å²) < 4.78 is 2.11. The summed E-state index contributed by atoms with van der Waals surface area (Å²) in [5.41, 5.74) is 2.88. The zero-order valence-corrected chi connectivity index (χ0v) is 11.5. The number of aromatic nitrogens is 2. The lowest BCUT2D eigenvalue weighted by Gasteiger charge is -2.34. The summed E-state index contributed by atoms with van der Waals surface area (Å²) in [4.78, 5) is 2.53. The average Bonchev–Trinajstić information content (AvgIpc) is 3.02. The smallest absolute Gasteiger partial charge is 0.0552 e. The minimum Gasteiger partial charge on any atom is -0.371 e. The molecular formula is C16H21N3. The molecule has 2 heterocycles. The standard InChI is InChI=1S/C16H21N3/c1-2-14-6-3-4-7-16(14)18-12-8-15(9-13-18)19-11-5-10-17-19/h3-7,10-11,15H,2,8-9,12-13H2,1H3. The second-order valence-electron chi connectivity index (χ2n) is 5.19. The van der Waals surface area contributed by atoms with Crippen LogP contribution in [0, 0.1) is 0 Å². The van der Waals surface area contributed by atoms with Gasteiger partial charge in [0.2, 0.25) is 0 Å². The van der Waals surface area contributed by atoms with Gasteiger partial charge in [-0.25, -0.2) is 0 Å². The third-order valence-corrected chi connectivity index (χ3v) is 4.08. The fraction of sp³-hybridized carbons (Fsp3) is 0.438. The van der Waals surface area contributed by atoms with Crippen molar-refractivity contribution in [2.45, 2.75) is 32.2 Å². The molecule has 0 radical (unpaired) electrons. The number of aryl methyl sites for hydroxylation is 1. The molecule has 1 aliphatic rings. The van der Waals surface area contributed by atoms with Gasteiger partial charge in [-0.15, -0.1) is 0 Å². The minimum absolute atomic E-state index is 0.569. The molecule has 1 aromatic carbocycles. The maximum absolute atomic E-state index is 4.37. The molecule has 2 aromatic rings. The number of hydrogen-bond acceptors (Lipinski definition) is 2. The summed E-state index contributed by atoms with van der Waals surface area (Å²) in [5, 5.41) is 4.37. The minimum atomic E-state index is 0.569. The van der Waals surface area contributed by atoms with Gasteiger partial charge in [-0.2, -0.15) is 5.10 Å². The first kappa shape index (κ1) is 12.3. The van der Waals surface area contributed by atoms with Gasteiger partial charge < -0.3 is 4.90 Å². The summed E-state index contributed by atoms with van der Waals surface area (Å²) in [6.45, 7) is 4.48. The van der Waals surface area contributed by atoms with Crippen molar-refractivity contribution in [3.8, 4) is 0 Å². The Labute approximate surface area is 114 Å². The first-order chi connectivity index (χ1) is 9.38. The third-order valence-electron chi connectivity index (χ3n) is 4.08. The highest BCUT2D eigenvalue weighted by atomic mass is 15.3. The maximum Gasteiger partial charge on any atom is 0.0552 e. The Balaban J connectivity index is 1.70. The molecule has 1 aliphatic heterocycles. The molecule has 100 valence electrons. The van der Waals surface area contributed by atoms with Crippen LogP contribution >= 0.6 is 0 Å². The van der Waals surface area contributed by atoms with E-state index in [9.17, 15) is 0 Å². The molecule has 0 saturated carbocycles. The molecule has 3 rings (SSSR count). The SMILES string of the molecule is CCc1ccccc1N1CCC(n2cccn2)CC1. The van der Waals surface area contributed by atoms with E-state index in [-0.39, 0.29) is 0 Å². The lowest BCUT2D eigenvalue weighted by atomic mass is 10.0. The van der Waals surface area contributed by atoms with Crippen molar-refractivity contribution in [2.75, 3.05) is 18.0 Å². The van der Waals surface area contributed by atoms with Crippen molar-refractivity contribution in [1.29, 1.82) is 0 Å². The van der Waals surface area contributed by atoms with Gasteiger partial charge in [-0.3, -0.25) is 4.68 Å². The predicted molar refractivity (Wildman–Crippen MR) is 78.5 cm³/mol. The van der Waals surface area contributed by atoms with Gasteiger partial charge >= 0.3 is 0 Å². The van der Waals surface area contributed by atoms with E-state index in [1.54, 1.807) is 0 Å². The highest BCUT2D eigenvalue weighted by Gasteiger charge is 2.21. The Hall–Kier alpha value is -1.77. The lowest BCUT2D eigenvalue weighted by Crippen LogP contribution is -2.35. The number of anilines is 1. The van der Waals surface area contributed by atoms with Crippen LogP contribution in [0.5, 0.6) is 0 Å². The molecule has 0 spiro atoms. The first-order valence-electron chi connectivity index (χ1n) is 7.20. The van der Waals surface area contributed by atoms with Crippen LogP contribution in [0.4, 0.5) is 5.69 Å². The van der Waals surface area contributed by atoms with Crippen molar-refractivity contribution in [3.63, 3.8) is 0 Å². The van der Waals surface area contributed by atoms with Crippen LogP contribution in [-0.4, -0.2) is 22.9 Å². The number of benzene rings is 1. The molecule has 0 bridgehead atoms. The van der Waals surface area contributed by atoms with Crippen molar-refractivity contribution in [3.05, 3.63) is 48.3 Å². The quantitative estimate of drug-likeness (QED) is 0.839. The monoisotopic (exact) mass is 255 g/mol.